The Hall–Kier alpha value is -3.51. The van der Waals surface area contributed by atoms with Crippen LogP contribution in [-0.4, -0.2) is 66.3 Å². The molecule has 6 heteroatoms. The van der Waals surface area contributed by atoms with Crippen LogP contribution in [0.15, 0.2) is 66.3 Å². The smallest absolute Gasteiger partial charge is 0.302 e. The zero-order valence-electron chi connectivity index (χ0n) is 38.5. The molecule has 324 valence electrons. The number of ether oxygens (including phenoxy) is 1. The Labute approximate surface area is 362 Å². The van der Waals surface area contributed by atoms with Crippen molar-refractivity contribution in [3.63, 3.8) is 0 Å². The van der Waals surface area contributed by atoms with E-state index in [0.29, 0.717) is 37.4 Å². The maximum absolute atomic E-state index is 15.2. The van der Waals surface area contributed by atoms with E-state index in [2.05, 4.69) is 120 Å². The predicted molar refractivity (Wildman–Crippen MR) is 242 cm³/mol. The topological polar surface area (TPSA) is 66.9 Å². The van der Waals surface area contributed by atoms with Crippen molar-refractivity contribution < 1.29 is 19.1 Å². The normalized spacial score (nSPS) is 36.0. The van der Waals surface area contributed by atoms with E-state index in [1.807, 2.05) is 6.08 Å². The van der Waals surface area contributed by atoms with Gasteiger partial charge in [0, 0.05) is 38.5 Å². The van der Waals surface area contributed by atoms with Crippen LogP contribution in [0.1, 0.15) is 142 Å². The molecule has 1 saturated heterocycles. The van der Waals surface area contributed by atoms with Gasteiger partial charge in [-0.05, 0) is 140 Å². The number of benzene rings is 2. The molecule has 4 saturated carbocycles. The van der Waals surface area contributed by atoms with Gasteiger partial charge in [0.15, 0.2) is 5.78 Å². The molecular formula is C54H74N2O4. The second kappa shape index (κ2) is 15.7. The van der Waals surface area contributed by atoms with Gasteiger partial charge in [-0.3, -0.25) is 19.3 Å². The van der Waals surface area contributed by atoms with Crippen molar-refractivity contribution in [2.24, 2.45) is 50.2 Å². The lowest BCUT2D eigenvalue weighted by Crippen LogP contribution is -2.66. The number of ketones is 1. The lowest BCUT2D eigenvalue weighted by Gasteiger charge is -2.71. The zero-order chi connectivity index (χ0) is 42.9. The van der Waals surface area contributed by atoms with Crippen LogP contribution in [0.25, 0.3) is 6.08 Å². The molecule has 1 heterocycles. The third-order valence-corrected chi connectivity index (χ3v) is 18.3. The van der Waals surface area contributed by atoms with Crippen molar-refractivity contribution in [2.75, 3.05) is 32.7 Å². The number of amides is 1. The molecule has 0 spiro atoms. The van der Waals surface area contributed by atoms with E-state index in [9.17, 15) is 9.59 Å². The number of aryl methyl sites for hydroxylation is 1. The molecule has 0 radical (unpaired) electrons. The van der Waals surface area contributed by atoms with E-state index in [1.54, 1.807) is 18.6 Å². The lowest BCUT2D eigenvalue weighted by atomic mass is 9.33. The van der Waals surface area contributed by atoms with E-state index in [1.165, 1.54) is 29.5 Å². The maximum atomic E-state index is 15.2. The second-order valence-electron chi connectivity index (χ2n) is 22.6. The summed E-state index contributed by atoms with van der Waals surface area (Å²) in [5.74, 6) is 1.69. The summed E-state index contributed by atoms with van der Waals surface area (Å²) >= 11 is 0. The molecule has 1 aliphatic heterocycles. The summed E-state index contributed by atoms with van der Waals surface area (Å²) in [6.45, 7) is 24.3. The Balaban J connectivity index is 0.934. The molecular weight excluding hydrogens is 741 g/mol. The highest BCUT2D eigenvalue weighted by atomic mass is 16.5. The van der Waals surface area contributed by atoms with E-state index < -0.39 is 0 Å². The van der Waals surface area contributed by atoms with Crippen LogP contribution in [0.4, 0.5) is 0 Å². The van der Waals surface area contributed by atoms with Gasteiger partial charge in [-0.1, -0.05) is 120 Å². The summed E-state index contributed by atoms with van der Waals surface area (Å²) in [6, 6.07) is 17.2. The third-order valence-electron chi connectivity index (χ3n) is 18.3. The Morgan fingerprint density at radius 2 is 1.42 bits per heavy atom. The molecule has 6 nitrogen and oxygen atoms in total. The molecule has 2 aromatic carbocycles. The monoisotopic (exact) mass is 815 g/mol. The molecule has 0 aromatic heterocycles. The molecule has 1 amide bonds. The van der Waals surface area contributed by atoms with E-state index in [4.69, 9.17) is 4.74 Å². The summed E-state index contributed by atoms with van der Waals surface area (Å²) in [5, 5.41) is 0. The maximum Gasteiger partial charge on any atom is 0.302 e. The average Bonchev–Trinajstić information content (AvgIpc) is 3.19. The molecule has 5 aliphatic carbocycles. The van der Waals surface area contributed by atoms with Crippen LogP contribution < -0.4 is 0 Å². The highest BCUT2D eigenvalue weighted by molar-refractivity contribution is 5.95. The van der Waals surface area contributed by atoms with Crippen LogP contribution in [0.2, 0.25) is 0 Å². The van der Waals surface area contributed by atoms with Crippen molar-refractivity contribution in [3.8, 4) is 0 Å². The molecule has 6 aliphatic rings. The summed E-state index contributed by atoms with van der Waals surface area (Å²) in [7, 11) is 0. The fourth-order valence-electron chi connectivity index (χ4n) is 14.6. The Kier molecular flexibility index (Phi) is 11.3. The van der Waals surface area contributed by atoms with Gasteiger partial charge in [-0.25, -0.2) is 0 Å². The van der Waals surface area contributed by atoms with Crippen LogP contribution in [-0.2, 0) is 25.5 Å². The van der Waals surface area contributed by atoms with Gasteiger partial charge in [-0.2, -0.15) is 0 Å². The van der Waals surface area contributed by atoms with Crippen LogP contribution >= 0.6 is 0 Å². The van der Waals surface area contributed by atoms with Gasteiger partial charge in [0.05, 0.1) is 12.0 Å². The number of hydrogen-bond acceptors (Lipinski definition) is 5. The quantitative estimate of drug-likeness (QED) is 0.151. The van der Waals surface area contributed by atoms with Crippen molar-refractivity contribution in [1.29, 1.82) is 0 Å². The standard InChI is InChI=1S/C54H74N2O4/c1-37-10-12-40(13-11-37)34-41-16-14-39(15-17-41)18-19-42(58)36-55-30-32-56(33-31-55)48(59)54-28-26-49(3,4)35-44(54)43-20-21-46-51(7)24-23-47(60-38(2)57)50(5,6)45(51)22-25-53(46,9)52(43,8)27-29-54/h10-20,44-47H,21-36H2,1-9H3/b19-18+/t44-,45-,46+,47-,51-,52+,53+,54-/m0/s1. The van der Waals surface area contributed by atoms with E-state index in [0.717, 1.165) is 76.4 Å². The number of rotatable bonds is 8. The fourth-order valence-corrected chi connectivity index (χ4v) is 14.6. The van der Waals surface area contributed by atoms with Crippen molar-refractivity contribution in [2.45, 2.75) is 139 Å². The third kappa shape index (κ3) is 7.47. The first-order chi connectivity index (χ1) is 28.3. The number of esters is 1. The zero-order valence-corrected chi connectivity index (χ0v) is 38.5. The lowest BCUT2D eigenvalue weighted by molar-refractivity contribution is -0.212. The van der Waals surface area contributed by atoms with Crippen molar-refractivity contribution in [3.05, 3.63) is 88.5 Å². The molecule has 0 unspecified atom stereocenters. The first-order valence-electron chi connectivity index (χ1n) is 23.5. The molecule has 8 rings (SSSR count). The summed E-state index contributed by atoms with van der Waals surface area (Å²) < 4.78 is 5.99. The minimum absolute atomic E-state index is 0.0170. The summed E-state index contributed by atoms with van der Waals surface area (Å²) in [6.07, 6.45) is 17.9. The number of allylic oxidation sites excluding steroid dienone is 2. The number of nitrogens with zero attached hydrogens (tertiary/aromatic N) is 2. The van der Waals surface area contributed by atoms with E-state index >= 15 is 4.79 Å². The minimum atomic E-state index is -0.342. The Morgan fingerprint density at radius 1 is 0.767 bits per heavy atom. The summed E-state index contributed by atoms with van der Waals surface area (Å²) in [4.78, 5) is 44.9. The van der Waals surface area contributed by atoms with E-state index in [-0.39, 0.29) is 56.3 Å². The first kappa shape index (κ1) is 43.2. The first-order valence-corrected chi connectivity index (χ1v) is 23.5. The highest BCUT2D eigenvalue weighted by Gasteiger charge is 2.69. The second-order valence-corrected chi connectivity index (χ2v) is 22.6. The molecule has 0 N–H and O–H groups in total. The van der Waals surface area contributed by atoms with Crippen molar-refractivity contribution >= 4 is 23.7 Å². The Bertz CT molecular complexity index is 2020. The molecule has 5 fully saturated rings. The SMILES string of the molecule is CC(=O)O[C@H]1CC[C@]2(C)[C@H]3CC=C4[C@@H]5CC(C)(C)CC[C@]5(C(=O)N5CCN(CC(=O)/C=C/c6ccc(Cc7ccc(C)cc7)cc6)CC5)CC[C@@]4(C)[C@]3(C)CC[C@H]2C1(C)C. The minimum Gasteiger partial charge on any atom is -0.462 e. The highest BCUT2D eigenvalue weighted by Crippen LogP contribution is 2.76. The van der Waals surface area contributed by atoms with Crippen LogP contribution in [0.3, 0.4) is 0 Å². The molecule has 8 atom stereocenters. The van der Waals surface area contributed by atoms with Gasteiger partial charge < -0.3 is 9.64 Å². The number of carbonyl (C=O) groups is 3. The fraction of sp³-hybridized carbons (Fsp3) is 0.648. The number of piperazine rings is 1. The van der Waals surface area contributed by atoms with Crippen molar-refractivity contribution in [1.82, 2.24) is 9.80 Å². The largest absolute Gasteiger partial charge is 0.462 e. The van der Waals surface area contributed by atoms with Gasteiger partial charge in [0.1, 0.15) is 6.10 Å². The van der Waals surface area contributed by atoms with Gasteiger partial charge in [0.2, 0.25) is 5.91 Å². The summed E-state index contributed by atoms with van der Waals surface area (Å²) in [5.41, 5.74) is 6.66. The number of carbonyl (C=O) groups excluding carboxylic acids is 3. The van der Waals surface area contributed by atoms with Crippen LogP contribution in [0, 0.1) is 57.2 Å². The van der Waals surface area contributed by atoms with Gasteiger partial charge in [-0.15, -0.1) is 0 Å². The molecule has 60 heavy (non-hydrogen) atoms. The molecule has 2 aromatic rings. The number of hydrogen-bond donors (Lipinski definition) is 0. The van der Waals surface area contributed by atoms with Gasteiger partial charge >= 0.3 is 5.97 Å². The van der Waals surface area contributed by atoms with Gasteiger partial charge in [0.25, 0.3) is 0 Å². The molecule has 0 bridgehead atoms. The number of fused-ring (bicyclic) bond motifs is 7. The Morgan fingerprint density at radius 3 is 2.08 bits per heavy atom. The average molecular weight is 815 g/mol. The van der Waals surface area contributed by atoms with Crippen LogP contribution in [0.5, 0.6) is 0 Å². The predicted octanol–water partition coefficient (Wildman–Crippen LogP) is 11.0.